The molecule has 0 saturated heterocycles. The van der Waals surface area contributed by atoms with Gasteiger partial charge in [0.25, 0.3) is 0 Å². The Morgan fingerprint density at radius 3 is 2.43 bits per heavy atom. The van der Waals surface area contributed by atoms with Crippen LogP contribution in [0.4, 0.5) is 5.95 Å². The Kier molecular flexibility index (Phi) is 5.24. The van der Waals surface area contributed by atoms with Gasteiger partial charge in [-0.05, 0) is 47.4 Å². The van der Waals surface area contributed by atoms with E-state index >= 15 is 0 Å². The Bertz CT molecular complexity index is 1110. The highest BCUT2D eigenvalue weighted by molar-refractivity contribution is 9.10. The summed E-state index contributed by atoms with van der Waals surface area (Å²) in [7, 11) is 0. The minimum atomic E-state index is 0.112. The molecule has 4 aromatic rings. The maximum atomic E-state index is 5.94. The highest BCUT2D eigenvalue weighted by Crippen LogP contribution is 2.37. The number of rotatable bonds is 5. The third-order valence-electron chi connectivity index (χ3n) is 5.42. The van der Waals surface area contributed by atoms with Crippen molar-refractivity contribution in [3.8, 4) is 5.75 Å². The monoisotopic (exact) mass is 460 g/mol. The molecule has 5 rings (SSSR count). The van der Waals surface area contributed by atoms with Crippen molar-refractivity contribution in [2.24, 2.45) is 0 Å². The number of hydrogen-bond acceptors (Lipinski definition) is 4. The van der Waals surface area contributed by atoms with Gasteiger partial charge in [0.2, 0.25) is 5.95 Å². The van der Waals surface area contributed by atoms with Crippen molar-refractivity contribution in [2.45, 2.75) is 25.1 Å². The molecule has 6 heteroatoms. The largest absolute Gasteiger partial charge is 0.489 e. The van der Waals surface area contributed by atoms with Crippen LogP contribution in [0.25, 0.3) is 0 Å². The van der Waals surface area contributed by atoms with E-state index in [-0.39, 0.29) is 12.1 Å². The number of halogens is 1. The van der Waals surface area contributed by atoms with Gasteiger partial charge in [0.15, 0.2) is 0 Å². The first-order chi connectivity index (χ1) is 14.8. The molecule has 0 spiro atoms. The van der Waals surface area contributed by atoms with Crippen LogP contribution < -0.4 is 10.1 Å². The van der Waals surface area contributed by atoms with E-state index in [1.165, 1.54) is 11.1 Å². The lowest BCUT2D eigenvalue weighted by molar-refractivity contribution is 0.306. The molecule has 3 aromatic carbocycles. The first-order valence-corrected chi connectivity index (χ1v) is 10.7. The number of hydrogen-bond donors (Lipinski definition) is 1. The Morgan fingerprint density at radius 2 is 1.67 bits per heavy atom. The van der Waals surface area contributed by atoms with E-state index in [0.29, 0.717) is 6.61 Å². The smallest absolute Gasteiger partial charge is 0.222 e. The van der Waals surface area contributed by atoms with Crippen LogP contribution in [-0.2, 0) is 6.61 Å². The van der Waals surface area contributed by atoms with Gasteiger partial charge in [-0.25, -0.2) is 4.68 Å². The number of nitrogens with one attached hydrogen (secondary N) is 1. The van der Waals surface area contributed by atoms with Crippen molar-refractivity contribution in [3.05, 3.63) is 106 Å². The Balaban J connectivity index is 1.35. The average Bonchev–Trinajstić information content (AvgIpc) is 3.27. The van der Waals surface area contributed by atoms with Gasteiger partial charge in [0.1, 0.15) is 18.7 Å². The van der Waals surface area contributed by atoms with Gasteiger partial charge < -0.3 is 10.1 Å². The number of anilines is 1. The van der Waals surface area contributed by atoms with Gasteiger partial charge in [-0.2, -0.15) is 10.1 Å². The number of aromatic nitrogens is 3. The molecule has 0 fully saturated rings. The number of benzene rings is 3. The van der Waals surface area contributed by atoms with Gasteiger partial charge in [-0.15, -0.1) is 0 Å². The van der Waals surface area contributed by atoms with Crippen LogP contribution in [0.3, 0.4) is 0 Å². The molecule has 2 heterocycles. The summed E-state index contributed by atoms with van der Waals surface area (Å²) >= 11 is 3.51. The van der Waals surface area contributed by atoms with Gasteiger partial charge in [0, 0.05) is 4.47 Å². The lowest BCUT2D eigenvalue weighted by atomic mass is 9.93. The molecule has 1 aliphatic heterocycles. The standard InChI is InChI=1S/C24H21BrN4O/c25-20-10-6-18(7-11-20)22-14-23(29-24(28-22)26-16-27-29)19-8-12-21(13-9-19)30-15-17-4-2-1-3-5-17/h1-13,16,22-23H,14-15H2,(H,26,27,28)/t22-,23+/m0/s1. The molecular weight excluding hydrogens is 440 g/mol. The molecule has 0 unspecified atom stereocenters. The van der Waals surface area contributed by atoms with E-state index in [1.807, 2.05) is 35.0 Å². The van der Waals surface area contributed by atoms with Crippen molar-refractivity contribution < 1.29 is 4.74 Å². The topological polar surface area (TPSA) is 52.0 Å². The summed E-state index contributed by atoms with van der Waals surface area (Å²) in [6.07, 6.45) is 2.50. The minimum absolute atomic E-state index is 0.112. The van der Waals surface area contributed by atoms with E-state index in [9.17, 15) is 0 Å². The third kappa shape index (κ3) is 3.96. The van der Waals surface area contributed by atoms with E-state index in [2.05, 4.69) is 79.9 Å². The third-order valence-corrected chi connectivity index (χ3v) is 5.94. The molecule has 30 heavy (non-hydrogen) atoms. The maximum Gasteiger partial charge on any atom is 0.222 e. The van der Waals surface area contributed by atoms with Crippen molar-refractivity contribution in [2.75, 3.05) is 5.32 Å². The van der Waals surface area contributed by atoms with Crippen LogP contribution in [0.5, 0.6) is 5.75 Å². The molecule has 2 atom stereocenters. The molecule has 0 saturated carbocycles. The van der Waals surface area contributed by atoms with Gasteiger partial charge >= 0.3 is 0 Å². The quantitative estimate of drug-likeness (QED) is 0.410. The predicted octanol–water partition coefficient (Wildman–Crippen LogP) is 5.77. The zero-order valence-electron chi connectivity index (χ0n) is 16.3. The Labute approximate surface area is 183 Å². The summed E-state index contributed by atoms with van der Waals surface area (Å²) < 4.78 is 8.98. The fourth-order valence-corrected chi connectivity index (χ4v) is 4.10. The molecule has 0 radical (unpaired) electrons. The predicted molar refractivity (Wildman–Crippen MR) is 120 cm³/mol. The zero-order valence-corrected chi connectivity index (χ0v) is 17.9. The summed E-state index contributed by atoms with van der Waals surface area (Å²) in [6, 6.07) is 27.2. The van der Waals surface area contributed by atoms with Crippen molar-refractivity contribution in [1.82, 2.24) is 14.8 Å². The summed E-state index contributed by atoms with van der Waals surface area (Å²) in [5, 5.41) is 7.97. The molecule has 1 aliphatic rings. The van der Waals surface area contributed by atoms with E-state index in [4.69, 9.17) is 4.74 Å². The molecule has 0 amide bonds. The second-order valence-corrected chi connectivity index (χ2v) is 8.29. The van der Waals surface area contributed by atoms with Crippen LogP contribution in [0.15, 0.2) is 89.7 Å². The highest BCUT2D eigenvalue weighted by Gasteiger charge is 2.29. The molecule has 5 nitrogen and oxygen atoms in total. The fraction of sp³-hybridized carbons (Fsp3) is 0.167. The number of ether oxygens (including phenoxy) is 1. The maximum absolute atomic E-state index is 5.94. The summed E-state index contributed by atoms with van der Waals surface area (Å²) in [6.45, 7) is 0.562. The average molecular weight is 461 g/mol. The normalized spacial score (nSPS) is 17.8. The van der Waals surface area contributed by atoms with Crippen LogP contribution in [0, 0.1) is 0 Å². The van der Waals surface area contributed by atoms with Gasteiger partial charge in [-0.3, -0.25) is 0 Å². The number of nitrogens with zero attached hydrogens (tertiary/aromatic N) is 3. The van der Waals surface area contributed by atoms with Crippen LogP contribution in [-0.4, -0.2) is 14.8 Å². The summed E-state index contributed by atoms with van der Waals surface area (Å²) in [4.78, 5) is 4.41. The van der Waals surface area contributed by atoms with Crippen molar-refractivity contribution in [3.63, 3.8) is 0 Å². The molecule has 0 bridgehead atoms. The molecule has 0 aliphatic carbocycles. The molecule has 150 valence electrons. The zero-order chi connectivity index (χ0) is 20.3. The van der Waals surface area contributed by atoms with E-state index in [0.717, 1.165) is 28.2 Å². The first-order valence-electron chi connectivity index (χ1n) is 9.94. The lowest BCUT2D eigenvalue weighted by Gasteiger charge is -2.32. The molecule has 1 N–H and O–H groups in total. The Morgan fingerprint density at radius 1 is 0.933 bits per heavy atom. The van der Waals surface area contributed by atoms with Crippen LogP contribution in [0.2, 0.25) is 0 Å². The van der Waals surface area contributed by atoms with Crippen LogP contribution >= 0.6 is 15.9 Å². The summed E-state index contributed by atoms with van der Waals surface area (Å²) in [5.41, 5.74) is 3.59. The van der Waals surface area contributed by atoms with E-state index in [1.54, 1.807) is 6.33 Å². The molecule has 1 aromatic heterocycles. The van der Waals surface area contributed by atoms with Crippen molar-refractivity contribution in [1.29, 1.82) is 0 Å². The Hall–Kier alpha value is -3.12. The number of fused-ring (bicyclic) bond motifs is 1. The minimum Gasteiger partial charge on any atom is -0.489 e. The molecular formula is C24H21BrN4O. The lowest BCUT2D eigenvalue weighted by Crippen LogP contribution is -2.28. The van der Waals surface area contributed by atoms with Gasteiger partial charge in [-0.1, -0.05) is 70.5 Å². The van der Waals surface area contributed by atoms with Crippen LogP contribution in [0.1, 0.15) is 35.2 Å². The first kappa shape index (κ1) is 18.9. The second-order valence-electron chi connectivity index (χ2n) is 7.37. The second kappa shape index (κ2) is 8.32. The summed E-state index contributed by atoms with van der Waals surface area (Å²) in [5.74, 6) is 1.66. The SMILES string of the molecule is Brc1ccc([C@@H]2C[C@H](c3ccc(OCc4ccccc4)cc3)n3ncnc3N2)cc1. The van der Waals surface area contributed by atoms with E-state index < -0.39 is 0 Å². The van der Waals surface area contributed by atoms with Crippen molar-refractivity contribution >= 4 is 21.9 Å². The fourth-order valence-electron chi connectivity index (χ4n) is 3.84. The highest BCUT2D eigenvalue weighted by atomic mass is 79.9. The van der Waals surface area contributed by atoms with Gasteiger partial charge in [0.05, 0.1) is 12.1 Å².